The standard InChI is InChI=1S/C17H27NOS/c1-4-20-17-11-7-9-15(17)18-12-14-8-5-6-10-16(14)19-13(2)3/h5-6,8,10,13,15,17-18H,4,7,9,11-12H2,1-3H3. The Bertz CT molecular complexity index is 408. The van der Waals surface area contributed by atoms with E-state index in [1.807, 2.05) is 6.07 Å². The van der Waals surface area contributed by atoms with Crippen molar-refractivity contribution in [3.8, 4) is 5.75 Å². The van der Waals surface area contributed by atoms with Gasteiger partial charge in [-0.1, -0.05) is 31.5 Å². The minimum Gasteiger partial charge on any atom is -0.491 e. The van der Waals surface area contributed by atoms with E-state index in [1.165, 1.54) is 30.6 Å². The summed E-state index contributed by atoms with van der Waals surface area (Å²) in [5.74, 6) is 2.24. The van der Waals surface area contributed by atoms with Gasteiger partial charge in [0.25, 0.3) is 0 Å². The topological polar surface area (TPSA) is 21.3 Å². The van der Waals surface area contributed by atoms with Crippen molar-refractivity contribution >= 4 is 11.8 Å². The van der Waals surface area contributed by atoms with Crippen molar-refractivity contribution in [3.63, 3.8) is 0 Å². The molecule has 1 aliphatic carbocycles. The van der Waals surface area contributed by atoms with Crippen molar-refractivity contribution in [2.75, 3.05) is 5.75 Å². The van der Waals surface area contributed by atoms with Crippen molar-refractivity contribution in [1.29, 1.82) is 0 Å². The van der Waals surface area contributed by atoms with Gasteiger partial charge in [-0.05, 0) is 38.5 Å². The summed E-state index contributed by atoms with van der Waals surface area (Å²) >= 11 is 2.10. The number of nitrogens with one attached hydrogen (secondary N) is 1. The highest BCUT2D eigenvalue weighted by atomic mass is 32.2. The molecule has 1 aromatic carbocycles. The molecule has 0 heterocycles. The van der Waals surface area contributed by atoms with Gasteiger partial charge in [-0.2, -0.15) is 11.8 Å². The molecular weight excluding hydrogens is 266 g/mol. The van der Waals surface area contributed by atoms with Gasteiger partial charge in [-0.15, -0.1) is 0 Å². The summed E-state index contributed by atoms with van der Waals surface area (Å²) in [5, 5.41) is 4.54. The van der Waals surface area contributed by atoms with E-state index in [2.05, 4.69) is 56.0 Å². The Balaban J connectivity index is 1.93. The number of ether oxygens (including phenoxy) is 1. The van der Waals surface area contributed by atoms with E-state index in [0.717, 1.165) is 17.5 Å². The first-order valence-corrected chi connectivity index (χ1v) is 8.85. The summed E-state index contributed by atoms with van der Waals surface area (Å²) in [7, 11) is 0. The minimum absolute atomic E-state index is 0.228. The Hall–Kier alpha value is -0.670. The number of hydrogen-bond donors (Lipinski definition) is 1. The van der Waals surface area contributed by atoms with Crippen LogP contribution in [0.25, 0.3) is 0 Å². The van der Waals surface area contributed by atoms with Crippen LogP contribution in [0.5, 0.6) is 5.75 Å². The van der Waals surface area contributed by atoms with E-state index in [1.54, 1.807) is 0 Å². The van der Waals surface area contributed by atoms with Crippen LogP contribution in [0.2, 0.25) is 0 Å². The normalized spacial score (nSPS) is 22.4. The molecule has 1 N–H and O–H groups in total. The lowest BCUT2D eigenvalue weighted by atomic mass is 10.1. The van der Waals surface area contributed by atoms with Gasteiger partial charge in [-0.3, -0.25) is 0 Å². The summed E-state index contributed by atoms with van der Waals surface area (Å²) in [6.45, 7) is 7.32. The maximum atomic E-state index is 5.89. The van der Waals surface area contributed by atoms with Crippen molar-refractivity contribution in [2.24, 2.45) is 0 Å². The fourth-order valence-electron chi connectivity index (χ4n) is 2.83. The van der Waals surface area contributed by atoms with Crippen LogP contribution in [0.3, 0.4) is 0 Å². The van der Waals surface area contributed by atoms with Crippen LogP contribution < -0.4 is 10.1 Å². The molecule has 112 valence electrons. The molecule has 2 unspecified atom stereocenters. The summed E-state index contributed by atoms with van der Waals surface area (Å²) in [6, 6.07) is 9.04. The van der Waals surface area contributed by atoms with Crippen molar-refractivity contribution in [3.05, 3.63) is 29.8 Å². The molecule has 0 spiro atoms. The van der Waals surface area contributed by atoms with Gasteiger partial charge in [0, 0.05) is 23.4 Å². The maximum absolute atomic E-state index is 5.89. The van der Waals surface area contributed by atoms with Gasteiger partial charge in [0.1, 0.15) is 5.75 Å². The minimum atomic E-state index is 0.228. The number of rotatable bonds is 7. The smallest absolute Gasteiger partial charge is 0.124 e. The predicted molar refractivity (Wildman–Crippen MR) is 88.6 cm³/mol. The molecule has 0 saturated heterocycles. The largest absolute Gasteiger partial charge is 0.491 e. The highest BCUT2D eigenvalue weighted by molar-refractivity contribution is 7.99. The zero-order valence-corrected chi connectivity index (χ0v) is 13.7. The summed E-state index contributed by atoms with van der Waals surface area (Å²) in [4.78, 5) is 0. The molecule has 1 saturated carbocycles. The second kappa shape index (κ2) is 7.94. The van der Waals surface area contributed by atoms with E-state index in [-0.39, 0.29) is 6.10 Å². The molecule has 0 radical (unpaired) electrons. The van der Waals surface area contributed by atoms with E-state index in [0.29, 0.717) is 6.04 Å². The SMILES string of the molecule is CCSC1CCCC1NCc1ccccc1OC(C)C. The summed E-state index contributed by atoms with van der Waals surface area (Å²) < 4.78 is 5.89. The lowest BCUT2D eigenvalue weighted by Crippen LogP contribution is -2.33. The van der Waals surface area contributed by atoms with Crippen molar-refractivity contribution < 1.29 is 4.74 Å². The van der Waals surface area contributed by atoms with E-state index >= 15 is 0 Å². The fraction of sp³-hybridized carbons (Fsp3) is 0.647. The van der Waals surface area contributed by atoms with Crippen LogP contribution in [-0.2, 0) is 6.54 Å². The molecule has 2 atom stereocenters. The Kier molecular flexibility index (Phi) is 6.24. The third kappa shape index (κ3) is 4.42. The molecular formula is C17H27NOS. The van der Waals surface area contributed by atoms with E-state index in [4.69, 9.17) is 4.74 Å². The Labute approximate surface area is 127 Å². The van der Waals surface area contributed by atoms with Crippen LogP contribution in [0, 0.1) is 0 Å². The highest BCUT2D eigenvalue weighted by Crippen LogP contribution is 2.30. The predicted octanol–water partition coefficient (Wildman–Crippen LogP) is 4.24. The molecule has 0 aliphatic heterocycles. The monoisotopic (exact) mass is 293 g/mol. The lowest BCUT2D eigenvalue weighted by molar-refractivity contribution is 0.239. The van der Waals surface area contributed by atoms with Crippen LogP contribution >= 0.6 is 11.8 Å². The second-order valence-electron chi connectivity index (χ2n) is 5.69. The third-order valence-electron chi connectivity index (χ3n) is 3.72. The molecule has 3 heteroatoms. The second-order valence-corrected chi connectivity index (χ2v) is 7.20. The van der Waals surface area contributed by atoms with Gasteiger partial charge < -0.3 is 10.1 Å². The number of thioether (sulfide) groups is 1. The third-order valence-corrected chi connectivity index (χ3v) is 5.05. The van der Waals surface area contributed by atoms with Gasteiger partial charge in [0.15, 0.2) is 0 Å². The molecule has 2 rings (SSSR count). The first-order chi connectivity index (χ1) is 9.70. The van der Waals surface area contributed by atoms with Crippen molar-refractivity contribution in [1.82, 2.24) is 5.32 Å². The fourth-order valence-corrected chi connectivity index (χ4v) is 4.06. The molecule has 1 aliphatic rings. The van der Waals surface area contributed by atoms with Gasteiger partial charge in [-0.25, -0.2) is 0 Å². The average molecular weight is 293 g/mol. The molecule has 1 fully saturated rings. The Morgan fingerprint density at radius 2 is 2.10 bits per heavy atom. The molecule has 0 aromatic heterocycles. The first-order valence-electron chi connectivity index (χ1n) is 7.80. The summed E-state index contributed by atoms with van der Waals surface area (Å²) in [6.07, 6.45) is 4.26. The van der Waals surface area contributed by atoms with Gasteiger partial charge in [0.05, 0.1) is 6.10 Å². The zero-order chi connectivity index (χ0) is 14.4. The van der Waals surface area contributed by atoms with Crippen LogP contribution in [0.1, 0.15) is 45.6 Å². The first kappa shape index (κ1) is 15.7. The van der Waals surface area contributed by atoms with Gasteiger partial charge >= 0.3 is 0 Å². The Morgan fingerprint density at radius 3 is 2.85 bits per heavy atom. The van der Waals surface area contributed by atoms with Crippen LogP contribution in [-0.4, -0.2) is 23.1 Å². The Morgan fingerprint density at radius 1 is 1.30 bits per heavy atom. The highest BCUT2D eigenvalue weighted by Gasteiger charge is 2.26. The van der Waals surface area contributed by atoms with Crippen molar-refractivity contribution in [2.45, 2.75) is 64.0 Å². The number of para-hydroxylation sites is 1. The lowest BCUT2D eigenvalue weighted by Gasteiger charge is -2.21. The zero-order valence-electron chi connectivity index (χ0n) is 12.9. The molecule has 20 heavy (non-hydrogen) atoms. The van der Waals surface area contributed by atoms with Gasteiger partial charge in [0.2, 0.25) is 0 Å². The molecule has 0 bridgehead atoms. The summed E-state index contributed by atoms with van der Waals surface area (Å²) in [5.41, 5.74) is 1.27. The quantitative estimate of drug-likeness (QED) is 0.812. The van der Waals surface area contributed by atoms with E-state index < -0.39 is 0 Å². The molecule has 1 aromatic rings. The van der Waals surface area contributed by atoms with E-state index in [9.17, 15) is 0 Å². The number of hydrogen-bond acceptors (Lipinski definition) is 3. The number of benzene rings is 1. The van der Waals surface area contributed by atoms with Crippen LogP contribution in [0.15, 0.2) is 24.3 Å². The van der Waals surface area contributed by atoms with Crippen LogP contribution in [0.4, 0.5) is 0 Å². The average Bonchev–Trinajstić information content (AvgIpc) is 2.85. The molecule has 2 nitrogen and oxygen atoms in total. The molecule has 0 amide bonds. The maximum Gasteiger partial charge on any atom is 0.124 e.